The molecule has 0 fully saturated rings. The Morgan fingerprint density at radius 2 is 1.84 bits per heavy atom. The number of Topliss-reactive ketones (excluding diaryl/α,β-unsaturated/α-hetero) is 1. The first kappa shape index (κ1) is 13.4. The number of ketones is 1. The lowest BCUT2D eigenvalue weighted by Crippen LogP contribution is -2.16. The smallest absolute Gasteiger partial charge is 0.313 e. The molecule has 130 valence electrons. The Morgan fingerprint density at radius 3 is 2.48 bits per heavy atom. The summed E-state index contributed by atoms with van der Waals surface area (Å²) in [7, 11) is -5.05. The van der Waals surface area contributed by atoms with Crippen LogP contribution in [0.5, 0.6) is 0 Å². The van der Waals surface area contributed by atoms with Crippen LogP contribution < -0.4 is 5.73 Å². The van der Waals surface area contributed by atoms with Gasteiger partial charge in [-0.15, -0.1) is 0 Å². The van der Waals surface area contributed by atoms with Crippen molar-refractivity contribution in [1.29, 1.82) is 0 Å². The minimum Gasteiger partial charge on any atom is -0.460 e. The zero-order valence-electron chi connectivity index (χ0n) is 15.6. The zero-order chi connectivity index (χ0) is 20.7. The lowest BCUT2D eigenvalue weighted by atomic mass is 10.1. The summed E-state index contributed by atoms with van der Waals surface area (Å²) in [4.78, 5) is 12.6. The predicted molar refractivity (Wildman–Crippen MR) is 86.6 cm³/mol. The highest BCUT2D eigenvalue weighted by atomic mass is 32.2. The monoisotopic (exact) mass is 366 g/mol. The quantitative estimate of drug-likeness (QED) is 0.815. The molecule has 1 aliphatic heterocycles. The Kier molecular flexibility index (Phi) is 3.52. The van der Waals surface area contributed by atoms with Crippen LogP contribution in [0.3, 0.4) is 0 Å². The Balaban J connectivity index is 1.93. The molecule has 0 amide bonds. The van der Waals surface area contributed by atoms with E-state index < -0.39 is 45.1 Å². The Bertz CT molecular complexity index is 1060. The minimum absolute atomic E-state index is 0.107. The summed E-state index contributed by atoms with van der Waals surface area (Å²) in [5, 5.41) is 0. The normalized spacial score (nSPS) is 22.8. The fourth-order valence-corrected chi connectivity index (χ4v) is 2.91. The molecule has 0 aromatic heterocycles. The molecule has 2 aromatic rings. The van der Waals surface area contributed by atoms with Gasteiger partial charge in [0, 0.05) is 5.56 Å². The van der Waals surface area contributed by atoms with Crippen molar-refractivity contribution in [2.24, 2.45) is 5.73 Å². The molecule has 1 atom stereocenters. The minimum atomic E-state index is -5.05. The first-order chi connectivity index (χ1) is 13.0. The molecule has 1 aliphatic rings. The molecule has 0 bridgehead atoms. The van der Waals surface area contributed by atoms with Crippen molar-refractivity contribution >= 4 is 15.9 Å². The predicted octanol–water partition coefficient (Wildman–Crippen LogP) is 2.14. The summed E-state index contributed by atoms with van der Waals surface area (Å²) >= 11 is 0. The largest absolute Gasteiger partial charge is 0.460 e. The maximum atomic E-state index is 13.1. The standard InChI is InChI=1S/C17H14FNO5S/c18-13-8-6-12(7-9-13)15-14(20)16(17(19)23-15)24-25(21,22)10-11-4-2-1-3-5-11/h1-9,15H,10,19H2/t15-/m1/s1/i10D2,15D. The number of ether oxygens (including phenoxy) is 1. The van der Waals surface area contributed by atoms with Gasteiger partial charge in [-0.05, 0) is 17.7 Å². The molecular weight excluding hydrogens is 349 g/mol. The summed E-state index contributed by atoms with van der Waals surface area (Å²) in [6.45, 7) is 0. The molecule has 2 N–H and O–H groups in total. The van der Waals surface area contributed by atoms with E-state index in [-0.39, 0.29) is 11.1 Å². The van der Waals surface area contributed by atoms with Gasteiger partial charge in [0.15, 0.2) is 6.08 Å². The van der Waals surface area contributed by atoms with Crippen LogP contribution >= 0.6 is 0 Å². The van der Waals surface area contributed by atoms with Crippen LogP contribution in [0.4, 0.5) is 4.39 Å². The van der Waals surface area contributed by atoms with Crippen LogP contribution in [-0.2, 0) is 29.5 Å². The molecule has 25 heavy (non-hydrogen) atoms. The van der Waals surface area contributed by atoms with Crippen molar-refractivity contribution in [3.05, 3.63) is 83.2 Å². The maximum absolute atomic E-state index is 13.1. The summed E-state index contributed by atoms with van der Waals surface area (Å²) < 4.78 is 71.7. The molecule has 6 nitrogen and oxygen atoms in total. The molecule has 0 saturated heterocycles. The van der Waals surface area contributed by atoms with Crippen molar-refractivity contribution in [2.75, 3.05) is 0 Å². The van der Waals surface area contributed by atoms with Gasteiger partial charge in [0.05, 0.1) is 4.11 Å². The third-order valence-electron chi connectivity index (χ3n) is 3.16. The summed E-state index contributed by atoms with van der Waals surface area (Å²) in [6, 6.07) is 11.1. The fourth-order valence-electron chi connectivity index (χ4n) is 2.07. The number of rotatable bonds is 5. The molecule has 0 saturated carbocycles. The van der Waals surface area contributed by atoms with E-state index in [4.69, 9.17) is 14.6 Å². The molecule has 0 unspecified atom stereocenters. The van der Waals surface area contributed by atoms with Crippen molar-refractivity contribution in [3.63, 3.8) is 0 Å². The van der Waals surface area contributed by atoms with Crippen molar-refractivity contribution in [2.45, 2.75) is 11.8 Å². The molecule has 0 radical (unpaired) electrons. The molecule has 8 heteroatoms. The van der Waals surface area contributed by atoms with Crippen LogP contribution in [0.15, 0.2) is 66.2 Å². The second kappa shape index (κ2) is 6.56. The third kappa shape index (κ3) is 3.80. The lowest BCUT2D eigenvalue weighted by molar-refractivity contribution is -0.123. The van der Waals surface area contributed by atoms with E-state index in [0.717, 1.165) is 24.3 Å². The number of nitrogens with two attached hydrogens (primary N) is 1. The SMILES string of the molecule is [2H]C([2H])(c1ccccc1)S(=O)(=O)OC1=C(N)O[C@]([2H])(c2ccc(F)cc2)C1=O. The van der Waals surface area contributed by atoms with Crippen LogP contribution in [0, 0.1) is 5.82 Å². The van der Waals surface area contributed by atoms with Gasteiger partial charge in [-0.3, -0.25) is 4.79 Å². The maximum Gasteiger partial charge on any atom is 0.313 e. The van der Waals surface area contributed by atoms with E-state index in [1.165, 1.54) is 24.3 Å². The van der Waals surface area contributed by atoms with Gasteiger partial charge in [-0.25, -0.2) is 4.39 Å². The number of hydrogen-bond donors (Lipinski definition) is 1. The van der Waals surface area contributed by atoms with Crippen molar-refractivity contribution in [3.8, 4) is 0 Å². The number of carbonyl (C=O) groups is 1. The van der Waals surface area contributed by atoms with Gasteiger partial charge in [0.2, 0.25) is 17.4 Å². The fraction of sp³-hybridized carbons (Fsp3) is 0.118. The van der Waals surface area contributed by atoms with Gasteiger partial charge in [0.1, 0.15) is 11.5 Å². The summed E-state index contributed by atoms with van der Waals surface area (Å²) in [6.07, 6.45) is -2.48. The van der Waals surface area contributed by atoms with E-state index in [1.807, 2.05) is 0 Å². The van der Waals surface area contributed by atoms with Crippen LogP contribution in [0.1, 0.15) is 21.3 Å². The number of halogens is 1. The first-order valence-corrected chi connectivity index (χ1v) is 8.39. The summed E-state index contributed by atoms with van der Waals surface area (Å²) in [5.74, 6) is -3.69. The lowest BCUT2D eigenvalue weighted by Gasteiger charge is -2.09. The Labute approximate surface area is 148 Å². The number of benzene rings is 2. The zero-order valence-corrected chi connectivity index (χ0v) is 13.4. The molecule has 0 spiro atoms. The molecule has 2 aromatic carbocycles. The first-order valence-electron chi connectivity index (χ1n) is 8.48. The number of carbonyl (C=O) groups excluding carboxylic acids is 1. The highest BCUT2D eigenvalue weighted by Gasteiger charge is 2.39. The Morgan fingerprint density at radius 1 is 1.20 bits per heavy atom. The van der Waals surface area contributed by atoms with Crippen molar-refractivity contribution in [1.82, 2.24) is 0 Å². The molecule has 0 aliphatic carbocycles. The van der Waals surface area contributed by atoms with Gasteiger partial charge >= 0.3 is 10.1 Å². The van der Waals surface area contributed by atoms with Crippen LogP contribution in [-0.4, -0.2) is 14.2 Å². The highest BCUT2D eigenvalue weighted by molar-refractivity contribution is 7.86. The van der Waals surface area contributed by atoms with E-state index in [1.54, 1.807) is 6.07 Å². The second-order valence-electron chi connectivity index (χ2n) is 4.97. The van der Waals surface area contributed by atoms with E-state index in [9.17, 15) is 17.6 Å². The topological polar surface area (TPSA) is 95.7 Å². The average Bonchev–Trinajstić information content (AvgIpc) is 2.86. The third-order valence-corrected chi connectivity index (χ3v) is 4.04. The molecule has 3 rings (SSSR count). The van der Waals surface area contributed by atoms with E-state index >= 15 is 0 Å². The molecule has 1 heterocycles. The van der Waals surface area contributed by atoms with Gasteiger partial charge < -0.3 is 14.7 Å². The summed E-state index contributed by atoms with van der Waals surface area (Å²) in [5.41, 5.74) is 2.19. The number of hydrogen-bond acceptors (Lipinski definition) is 6. The van der Waals surface area contributed by atoms with E-state index in [0.29, 0.717) is 0 Å². The van der Waals surface area contributed by atoms with Gasteiger partial charge in [-0.1, -0.05) is 42.5 Å². The average molecular weight is 366 g/mol. The van der Waals surface area contributed by atoms with Gasteiger partial charge in [-0.2, -0.15) is 8.42 Å². The second-order valence-corrected chi connectivity index (χ2v) is 6.25. The van der Waals surface area contributed by atoms with Crippen LogP contribution in [0.2, 0.25) is 0 Å². The van der Waals surface area contributed by atoms with Gasteiger partial charge in [0.25, 0.3) is 0 Å². The Hall–Kier alpha value is -2.87. The van der Waals surface area contributed by atoms with E-state index in [2.05, 4.69) is 4.18 Å². The highest BCUT2D eigenvalue weighted by Crippen LogP contribution is 2.32. The van der Waals surface area contributed by atoms with Crippen LogP contribution in [0.25, 0.3) is 0 Å². The van der Waals surface area contributed by atoms with Crippen molar-refractivity contribution < 1.29 is 30.6 Å². The molecular formula is C17H14FNO5S.